The number of hydrogen-bond acceptors (Lipinski definition) is 0. The van der Waals surface area contributed by atoms with Crippen LogP contribution in [0.25, 0.3) is 0 Å². The van der Waals surface area contributed by atoms with Crippen LogP contribution in [-0.2, 0) is 0 Å². The van der Waals surface area contributed by atoms with Crippen LogP contribution in [0, 0.1) is 7.14 Å². The summed E-state index contributed by atoms with van der Waals surface area (Å²) in [6.07, 6.45) is 7.07. The van der Waals surface area contributed by atoms with Gasteiger partial charge in [-0.25, -0.2) is 0 Å². The van der Waals surface area contributed by atoms with E-state index in [1.165, 1.54) is 39.2 Å². The average Bonchev–Trinajstić information content (AvgIpc) is 2.50. The summed E-state index contributed by atoms with van der Waals surface area (Å²) < 4.78 is 3.04. The molecule has 0 bridgehead atoms. The van der Waals surface area contributed by atoms with Crippen LogP contribution in [-0.4, -0.2) is 0 Å². The third kappa shape index (κ3) is 3.59. The van der Waals surface area contributed by atoms with Gasteiger partial charge in [-0.2, -0.15) is 0 Å². The van der Waals surface area contributed by atoms with Crippen LogP contribution in [0.5, 0.6) is 0 Å². The van der Waals surface area contributed by atoms with E-state index >= 15 is 0 Å². The number of rotatable bonds is 3. The number of hydrogen-bond donors (Lipinski definition) is 0. The molecular formula is C18H20I-. The summed E-state index contributed by atoms with van der Waals surface area (Å²) in [7, 11) is 0. The van der Waals surface area contributed by atoms with E-state index in [0.29, 0.717) is 0 Å². The Hall–Kier alpha value is -0.830. The van der Waals surface area contributed by atoms with Gasteiger partial charge in [-0.1, -0.05) is 0 Å². The SMILES string of the molecule is c1ccc([I-]c2ccc(C3CCCCC3)cc2)cc1. The van der Waals surface area contributed by atoms with Crippen molar-refractivity contribution >= 4 is 0 Å². The molecule has 0 aromatic heterocycles. The van der Waals surface area contributed by atoms with Crippen molar-refractivity contribution in [1.82, 2.24) is 0 Å². The first-order valence-corrected chi connectivity index (χ1v) is 9.37. The molecule has 2 aromatic rings. The number of benzene rings is 2. The zero-order valence-corrected chi connectivity index (χ0v) is 13.3. The van der Waals surface area contributed by atoms with Crippen molar-refractivity contribution in [3.05, 3.63) is 67.3 Å². The van der Waals surface area contributed by atoms with E-state index < -0.39 is 0 Å². The van der Waals surface area contributed by atoms with Crippen molar-refractivity contribution in [1.29, 1.82) is 0 Å². The third-order valence-corrected chi connectivity index (χ3v) is 6.58. The van der Waals surface area contributed by atoms with E-state index in [9.17, 15) is 0 Å². The first-order chi connectivity index (χ1) is 9.42. The summed E-state index contributed by atoms with van der Waals surface area (Å²) in [5.74, 6) is 0.831. The van der Waals surface area contributed by atoms with E-state index in [2.05, 4.69) is 54.6 Å². The van der Waals surface area contributed by atoms with Crippen LogP contribution in [0.4, 0.5) is 0 Å². The zero-order chi connectivity index (χ0) is 12.9. The fourth-order valence-electron chi connectivity index (χ4n) is 2.84. The predicted octanol–water partition coefficient (Wildman–Crippen LogP) is 1.86. The topological polar surface area (TPSA) is 0 Å². The molecule has 100 valence electrons. The van der Waals surface area contributed by atoms with E-state index in [-0.39, 0.29) is 21.2 Å². The van der Waals surface area contributed by atoms with Crippen molar-refractivity contribution in [3.8, 4) is 0 Å². The van der Waals surface area contributed by atoms with Gasteiger partial charge in [-0.15, -0.1) is 0 Å². The molecule has 0 saturated heterocycles. The Morgan fingerprint density at radius 1 is 0.684 bits per heavy atom. The van der Waals surface area contributed by atoms with E-state index in [1.807, 2.05) is 0 Å². The van der Waals surface area contributed by atoms with Gasteiger partial charge in [0.1, 0.15) is 0 Å². The van der Waals surface area contributed by atoms with Gasteiger partial charge in [-0.05, 0) is 0 Å². The summed E-state index contributed by atoms with van der Waals surface area (Å²) in [4.78, 5) is 0. The van der Waals surface area contributed by atoms with Crippen molar-refractivity contribution in [2.45, 2.75) is 38.0 Å². The van der Waals surface area contributed by atoms with Gasteiger partial charge in [0.25, 0.3) is 0 Å². The Morgan fingerprint density at radius 2 is 1.32 bits per heavy atom. The monoisotopic (exact) mass is 363 g/mol. The van der Waals surface area contributed by atoms with Gasteiger partial charge in [-0.3, -0.25) is 0 Å². The predicted molar refractivity (Wildman–Crippen MR) is 76.1 cm³/mol. The first kappa shape index (κ1) is 13.2. The van der Waals surface area contributed by atoms with Gasteiger partial charge in [0.15, 0.2) is 0 Å². The molecule has 0 unspecified atom stereocenters. The van der Waals surface area contributed by atoms with Crippen LogP contribution in [0.1, 0.15) is 43.6 Å². The standard InChI is InChI=1S/C18H20I/c1-3-7-15(8-4-1)16-11-13-18(14-12-16)19-17-9-5-2-6-10-17/h2,5-6,9-15H,1,3-4,7-8H2/q-1. The molecule has 0 amide bonds. The molecule has 0 atom stereocenters. The minimum absolute atomic E-state index is 0.00271. The molecule has 0 N–H and O–H groups in total. The van der Waals surface area contributed by atoms with Crippen molar-refractivity contribution in [3.63, 3.8) is 0 Å². The zero-order valence-electron chi connectivity index (χ0n) is 11.2. The second kappa shape index (κ2) is 6.56. The second-order valence-electron chi connectivity index (χ2n) is 5.28. The van der Waals surface area contributed by atoms with Crippen LogP contribution in [0.3, 0.4) is 0 Å². The van der Waals surface area contributed by atoms with Crippen LogP contribution < -0.4 is 21.2 Å². The molecule has 1 heteroatoms. The van der Waals surface area contributed by atoms with E-state index in [4.69, 9.17) is 0 Å². The number of halogens is 1. The van der Waals surface area contributed by atoms with Gasteiger partial charge in [0.05, 0.1) is 0 Å². The molecule has 2 aromatic carbocycles. The Labute approximate surface area is 126 Å². The molecule has 0 nitrogen and oxygen atoms in total. The molecule has 1 saturated carbocycles. The average molecular weight is 363 g/mol. The Bertz CT molecular complexity index is 495. The van der Waals surface area contributed by atoms with Gasteiger partial charge >= 0.3 is 127 Å². The molecule has 1 aliphatic carbocycles. The Kier molecular flexibility index (Phi) is 4.54. The van der Waals surface area contributed by atoms with Crippen LogP contribution >= 0.6 is 0 Å². The molecule has 0 radical (unpaired) electrons. The maximum atomic E-state index is 2.38. The molecule has 0 aliphatic heterocycles. The van der Waals surface area contributed by atoms with Crippen LogP contribution in [0.2, 0.25) is 0 Å². The Morgan fingerprint density at radius 3 is 2.00 bits per heavy atom. The summed E-state index contributed by atoms with van der Waals surface area (Å²) in [6, 6.07) is 20.4. The molecule has 19 heavy (non-hydrogen) atoms. The summed E-state index contributed by atoms with van der Waals surface area (Å²) >= 11 is -0.00271. The van der Waals surface area contributed by atoms with Gasteiger partial charge in [0.2, 0.25) is 0 Å². The third-order valence-electron chi connectivity index (χ3n) is 3.90. The van der Waals surface area contributed by atoms with Gasteiger partial charge < -0.3 is 0 Å². The summed E-state index contributed by atoms with van der Waals surface area (Å²) in [5.41, 5.74) is 1.57. The molecule has 1 fully saturated rings. The summed E-state index contributed by atoms with van der Waals surface area (Å²) in [6.45, 7) is 0. The molecular weight excluding hydrogens is 343 g/mol. The fraction of sp³-hybridized carbons (Fsp3) is 0.333. The Balaban J connectivity index is 1.68. The second-order valence-corrected chi connectivity index (χ2v) is 8.31. The maximum absolute atomic E-state index is 2.38. The molecule has 0 spiro atoms. The van der Waals surface area contributed by atoms with Gasteiger partial charge in [0, 0.05) is 0 Å². The molecule has 3 rings (SSSR count). The normalized spacial score (nSPS) is 16.6. The van der Waals surface area contributed by atoms with Crippen molar-refractivity contribution in [2.75, 3.05) is 0 Å². The quantitative estimate of drug-likeness (QED) is 0.731. The first-order valence-electron chi connectivity index (χ1n) is 7.22. The molecule has 1 aliphatic rings. The van der Waals surface area contributed by atoms with E-state index in [0.717, 1.165) is 5.92 Å². The van der Waals surface area contributed by atoms with Crippen molar-refractivity contribution < 1.29 is 21.2 Å². The van der Waals surface area contributed by atoms with E-state index in [1.54, 1.807) is 5.56 Å². The fourth-order valence-corrected chi connectivity index (χ4v) is 5.05. The molecule has 0 heterocycles. The van der Waals surface area contributed by atoms with Crippen molar-refractivity contribution in [2.24, 2.45) is 0 Å². The van der Waals surface area contributed by atoms with Crippen LogP contribution in [0.15, 0.2) is 54.6 Å². The minimum atomic E-state index is -0.00271. The summed E-state index contributed by atoms with van der Waals surface area (Å²) in [5, 5.41) is 0.